The Balaban J connectivity index is 1.46. The first-order valence-electron chi connectivity index (χ1n) is 7.98. The number of aliphatic hydroxyl groups excluding tert-OH is 1. The van der Waals surface area contributed by atoms with E-state index in [0.717, 1.165) is 26.1 Å². The van der Waals surface area contributed by atoms with Gasteiger partial charge < -0.3 is 10.4 Å². The fraction of sp³-hybridized carbons (Fsp3) is 0.733. The molecule has 1 aromatic rings. The van der Waals surface area contributed by atoms with Gasteiger partial charge in [-0.25, -0.2) is 0 Å². The lowest BCUT2D eigenvalue weighted by Gasteiger charge is -2.19. The van der Waals surface area contributed by atoms with Gasteiger partial charge >= 0.3 is 0 Å². The van der Waals surface area contributed by atoms with Crippen LogP contribution in [0.25, 0.3) is 0 Å². The van der Waals surface area contributed by atoms with Crippen molar-refractivity contribution in [3.05, 3.63) is 17.4 Å². The maximum atomic E-state index is 12.1. The van der Waals surface area contributed by atoms with Gasteiger partial charge in [-0.05, 0) is 44.7 Å². The number of nitrogens with one attached hydrogen (secondary N) is 1. The van der Waals surface area contributed by atoms with Gasteiger partial charge in [0.1, 0.15) is 0 Å². The summed E-state index contributed by atoms with van der Waals surface area (Å²) in [4.78, 5) is 14.2. The Morgan fingerprint density at radius 3 is 2.86 bits per heavy atom. The normalized spacial score (nSPS) is 29.1. The van der Waals surface area contributed by atoms with E-state index in [4.69, 9.17) is 11.6 Å². The summed E-state index contributed by atoms with van der Waals surface area (Å²) in [6.07, 6.45) is 6.74. The van der Waals surface area contributed by atoms with E-state index in [0.29, 0.717) is 23.9 Å². The van der Waals surface area contributed by atoms with E-state index in [1.165, 1.54) is 12.8 Å². The SMILES string of the molecule is O=C(CN1CCCC1)N[C@@H]1CC(Cn2cc(Cl)cn2)C[C@H]1O. The van der Waals surface area contributed by atoms with Gasteiger partial charge in [0.2, 0.25) is 5.91 Å². The number of hydrogen-bond donors (Lipinski definition) is 2. The molecule has 2 aliphatic rings. The van der Waals surface area contributed by atoms with Crippen LogP contribution in [0, 0.1) is 5.92 Å². The van der Waals surface area contributed by atoms with Crippen LogP contribution in [0.5, 0.6) is 0 Å². The quantitative estimate of drug-likeness (QED) is 0.843. The van der Waals surface area contributed by atoms with Crippen LogP contribution < -0.4 is 5.32 Å². The zero-order valence-corrected chi connectivity index (χ0v) is 13.4. The average molecular weight is 327 g/mol. The zero-order valence-electron chi connectivity index (χ0n) is 12.6. The van der Waals surface area contributed by atoms with Crippen molar-refractivity contribution in [3.63, 3.8) is 0 Å². The standard InChI is InChI=1S/C15H23ClN4O2/c16-12-7-17-20(9-12)8-11-5-13(14(21)6-11)18-15(22)10-19-3-1-2-4-19/h7,9,11,13-14,21H,1-6,8,10H2,(H,18,22)/t11?,13-,14-/m1/s1. The third-order valence-corrected chi connectivity index (χ3v) is 4.78. The molecule has 122 valence electrons. The summed E-state index contributed by atoms with van der Waals surface area (Å²) in [6.45, 7) is 3.18. The second-order valence-corrected chi connectivity index (χ2v) is 6.88. The molecule has 2 fully saturated rings. The Morgan fingerprint density at radius 1 is 1.41 bits per heavy atom. The highest BCUT2D eigenvalue weighted by molar-refractivity contribution is 6.30. The van der Waals surface area contributed by atoms with Crippen molar-refractivity contribution in [2.75, 3.05) is 19.6 Å². The van der Waals surface area contributed by atoms with Crippen LogP contribution in [0.4, 0.5) is 0 Å². The number of carbonyl (C=O) groups excluding carboxylic acids is 1. The topological polar surface area (TPSA) is 70.4 Å². The smallest absolute Gasteiger partial charge is 0.234 e. The number of amides is 1. The van der Waals surface area contributed by atoms with Crippen molar-refractivity contribution in [3.8, 4) is 0 Å². The van der Waals surface area contributed by atoms with E-state index >= 15 is 0 Å². The fourth-order valence-corrected chi connectivity index (χ4v) is 3.68. The Morgan fingerprint density at radius 2 is 2.18 bits per heavy atom. The molecule has 0 radical (unpaired) electrons. The highest BCUT2D eigenvalue weighted by Gasteiger charge is 2.34. The highest BCUT2D eigenvalue weighted by Crippen LogP contribution is 2.27. The molecule has 1 unspecified atom stereocenters. The van der Waals surface area contributed by atoms with E-state index in [1.54, 1.807) is 17.1 Å². The molecule has 7 heteroatoms. The number of halogens is 1. The molecule has 1 aromatic heterocycles. The maximum absolute atomic E-state index is 12.1. The van der Waals surface area contributed by atoms with Crippen LogP contribution in [0.15, 0.2) is 12.4 Å². The van der Waals surface area contributed by atoms with E-state index in [1.807, 2.05) is 0 Å². The lowest BCUT2D eigenvalue weighted by Crippen LogP contribution is -2.44. The minimum atomic E-state index is -0.474. The second kappa shape index (κ2) is 6.98. The molecule has 2 N–H and O–H groups in total. The molecule has 1 aliphatic carbocycles. The predicted molar refractivity (Wildman–Crippen MR) is 83.6 cm³/mol. The van der Waals surface area contributed by atoms with Crippen molar-refractivity contribution in [1.29, 1.82) is 0 Å². The third-order valence-electron chi connectivity index (χ3n) is 4.59. The third kappa shape index (κ3) is 4.00. The number of hydrogen-bond acceptors (Lipinski definition) is 4. The molecule has 6 nitrogen and oxygen atoms in total. The van der Waals surface area contributed by atoms with Gasteiger partial charge in [-0.1, -0.05) is 11.6 Å². The van der Waals surface area contributed by atoms with Crippen LogP contribution >= 0.6 is 11.6 Å². The van der Waals surface area contributed by atoms with Crippen LogP contribution in [0.2, 0.25) is 5.02 Å². The first-order valence-corrected chi connectivity index (χ1v) is 8.35. The summed E-state index contributed by atoms with van der Waals surface area (Å²) >= 11 is 5.86. The maximum Gasteiger partial charge on any atom is 0.234 e. The molecule has 0 spiro atoms. The minimum Gasteiger partial charge on any atom is -0.391 e. The monoisotopic (exact) mass is 326 g/mol. The summed E-state index contributed by atoms with van der Waals surface area (Å²) in [5.74, 6) is 0.330. The second-order valence-electron chi connectivity index (χ2n) is 6.44. The van der Waals surface area contributed by atoms with Gasteiger partial charge in [-0.15, -0.1) is 0 Å². The Labute approximate surface area is 135 Å². The molecule has 1 amide bonds. The van der Waals surface area contributed by atoms with E-state index in [2.05, 4.69) is 15.3 Å². The molecule has 0 aromatic carbocycles. The van der Waals surface area contributed by atoms with Crippen molar-refractivity contribution in [1.82, 2.24) is 20.0 Å². The highest BCUT2D eigenvalue weighted by atomic mass is 35.5. The summed E-state index contributed by atoms with van der Waals surface area (Å²) in [5.41, 5.74) is 0. The number of nitrogens with zero attached hydrogens (tertiary/aromatic N) is 3. The first kappa shape index (κ1) is 15.8. The van der Waals surface area contributed by atoms with E-state index in [9.17, 15) is 9.90 Å². The van der Waals surface area contributed by atoms with Crippen molar-refractivity contribution in [2.24, 2.45) is 5.92 Å². The summed E-state index contributed by atoms with van der Waals surface area (Å²) in [7, 11) is 0. The molecule has 3 rings (SSSR count). The van der Waals surface area contributed by atoms with Gasteiger partial charge in [0.05, 0.1) is 29.9 Å². The van der Waals surface area contributed by atoms with Crippen LogP contribution in [-0.4, -0.2) is 57.5 Å². The van der Waals surface area contributed by atoms with Gasteiger partial charge in [0, 0.05) is 12.7 Å². The Bertz CT molecular complexity index is 515. The van der Waals surface area contributed by atoms with Gasteiger partial charge in [0.25, 0.3) is 0 Å². The summed E-state index contributed by atoms with van der Waals surface area (Å²) < 4.78 is 1.80. The van der Waals surface area contributed by atoms with Gasteiger partial charge in [-0.2, -0.15) is 5.10 Å². The van der Waals surface area contributed by atoms with Crippen LogP contribution in [0.3, 0.4) is 0 Å². The molecule has 1 saturated heterocycles. The number of aromatic nitrogens is 2. The zero-order chi connectivity index (χ0) is 15.5. The van der Waals surface area contributed by atoms with Crippen LogP contribution in [0.1, 0.15) is 25.7 Å². The molecular formula is C15H23ClN4O2. The molecule has 0 bridgehead atoms. The van der Waals surface area contributed by atoms with Crippen molar-refractivity contribution < 1.29 is 9.90 Å². The summed E-state index contributed by atoms with van der Waals surface area (Å²) in [6, 6.07) is -0.147. The molecular weight excluding hydrogens is 304 g/mol. The molecule has 1 aliphatic heterocycles. The molecule has 22 heavy (non-hydrogen) atoms. The molecule has 3 atom stereocenters. The van der Waals surface area contributed by atoms with Gasteiger partial charge in [-0.3, -0.25) is 14.4 Å². The average Bonchev–Trinajstić information content (AvgIpc) is 3.15. The van der Waals surface area contributed by atoms with Crippen molar-refractivity contribution in [2.45, 2.75) is 44.4 Å². The number of rotatable bonds is 5. The van der Waals surface area contributed by atoms with E-state index < -0.39 is 6.10 Å². The molecule has 1 saturated carbocycles. The van der Waals surface area contributed by atoms with Crippen molar-refractivity contribution >= 4 is 17.5 Å². The predicted octanol–water partition coefficient (Wildman–Crippen LogP) is 0.888. The number of likely N-dealkylation sites (tertiary alicyclic amines) is 1. The Kier molecular flexibility index (Phi) is 5.00. The first-order chi connectivity index (χ1) is 10.6. The van der Waals surface area contributed by atoms with Crippen LogP contribution in [-0.2, 0) is 11.3 Å². The minimum absolute atomic E-state index is 0.0220. The lowest BCUT2D eigenvalue weighted by molar-refractivity contribution is -0.123. The van der Waals surface area contributed by atoms with E-state index in [-0.39, 0.29) is 11.9 Å². The number of carbonyl (C=O) groups is 1. The number of aliphatic hydroxyl groups is 1. The van der Waals surface area contributed by atoms with Gasteiger partial charge in [0.15, 0.2) is 0 Å². The Hall–Kier alpha value is -1.11. The summed E-state index contributed by atoms with van der Waals surface area (Å²) in [5, 5.41) is 17.9. The fourth-order valence-electron chi connectivity index (χ4n) is 3.52. The lowest BCUT2D eigenvalue weighted by atomic mass is 10.1. The largest absolute Gasteiger partial charge is 0.391 e. The molecule has 2 heterocycles.